The fourth-order valence-electron chi connectivity index (χ4n) is 2.90. The second kappa shape index (κ2) is 6.71. The van der Waals surface area contributed by atoms with Crippen molar-refractivity contribution in [2.24, 2.45) is 5.92 Å². The lowest BCUT2D eigenvalue weighted by Crippen LogP contribution is -2.42. The van der Waals surface area contributed by atoms with Gasteiger partial charge in [0.2, 0.25) is 5.91 Å². The highest BCUT2D eigenvalue weighted by Crippen LogP contribution is 2.24. The van der Waals surface area contributed by atoms with Crippen LogP contribution in [-0.2, 0) is 4.79 Å². The Bertz CT molecular complexity index is 711. The molecule has 0 unspecified atom stereocenters. The summed E-state index contributed by atoms with van der Waals surface area (Å²) in [6, 6.07) is 5.72. The summed E-state index contributed by atoms with van der Waals surface area (Å²) in [5, 5.41) is 3.66. The number of carbonyl (C=O) groups is 1. The number of nitrogens with one attached hydrogen (secondary N) is 1. The molecule has 0 spiro atoms. The molecule has 0 radical (unpaired) electrons. The molecule has 1 amide bonds. The molecule has 1 saturated heterocycles. The Kier molecular flexibility index (Phi) is 4.66. The summed E-state index contributed by atoms with van der Waals surface area (Å²) in [6.45, 7) is 5.63. The van der Waals surface area contributed by atoms with Crippen LogP contribution >= 0.6 is 11.6 Å². The summed E-state index contributed by atoms with van der Waals surface area (Å²) >= 11 is 5.97. The first-order valence-electron chi connectivity index (χ1n) is 8.00. The van der Waals surface area contributed by atoms with Crippen LogP contribution < -0.4 is 10.2 Å². The van der Waals surface area contributed by atoms with E-state index in [2.05, 4.69) is 20.2 Å². The lowest BCUT2D eigenvalue weighted by Gasteiger charge is -2.32. The van der Waals surface area contributed by atoms with E-state index in [0.29, 0.717) is 5.02 Å². The Morgan fingerprint density at radius 3 is 2.74 bits per heavy atom. The molecule has 1 N–H and O–H groups in total. The summed E-state index contributed by atoms with van der Waals surface area (Å²) in [5.41, 5.74) is 1.64. The number of fused-ring (bicyclic) bond motifs is 1. The predicted octanol–water partition coefficient (Wildman–Crippen LogP) is 3.02. The average molecular weight is 333 g/mol. The Hall–Kier alpha value is -1.88. The fraction of sp³-hybridized carbons (Fsp3) is 0.471. The molecule has 1 aromatic heterocycles. The molecular weight excluding hydrogens is 312 g/mol. The van der Waals surface area contributed by atoms with Crippen LogP contribution in [0.2, 0.25) is 5.02 Å². The Balaban J connectivity index is 1.68. The monoisotopic (exact) mass is 332 g/mol. The Morgan fingerprint density at radius 1 is 1.30 bits per heavy atom. The van der Waals surface area contributed by atoms with Gasteiger partial charge in [0, 0.05) is 30.1 Å². The zero-order valence-electron chi connectivity index (χ0n) is 13.4. The summed E-state index contributed by atoms with van der Waals surface area (Å²) in [6.07, 6.45) is 3.48. The number of hydrogen-bond acceptors (Lipinski definition) is 4. The molecule has 0 bridgehead atoms. The van der Waals surface area contributed by atoms with Crippen LogP contribution in [0.15, 0.2) is 24.4 Å². The molecule has 122 valence electrons. The van der Waals surface area contributed by atoms with Gasteiger partial charge in [-0.25, -0.2) is 4.98 Å². The smallest absolute Gasteiger partial charge is 0.223 e. The van der Waals surface area contributed by atoms with Crippen LogP contribution in [0, 0.1) is 5.92 Å². The van der Waals surface area contributed by atoms with Gasteiger partial charge in [0.15, 0.2) is 0 Å². The molecule has 3 rings (SSSR count). The molecule has 0 saturated carbocycles. The summed E-state index contributed by atoms with van der Waals surface area (Å²) in [4.78, 5) is 23.4. The number of nitrogens with zero attached hydrogens (tertiary/aromatic N) is 3. The Morgan fingerprint density at radius 2 is 2.04 bits per heavy atom. The third kappa shape index (κ3) is 3.72. The van der Waals surface area contributed by atoms with Crippen molar-refractivity contribution < 1.29 is 4.79 Å². The van der Waals surface area contributed by atoms with E-state index in [1.54, 1.807) is 6.20 Å². The minimum atomic E-state index is 0.0980. The molecule has 5 nitrogen and oxygen atoms in total. The van der Waals surface area contributed by atoms with Crippen LogP contribution in [0.25, 0.3) is 11.0 Å². The molecule has 2 aromatic rings. The second-order valence-electron chi connectivity index (χ2n) is 6.29. The average Bonchev–Trinajstić information content (AvgIpc) is 2.54. The summed E-state index contributed by atoms with van der Waals surface area (Å²) < 4.78 is 0. The normalized spacial score (nSPS) is 16.1. The van der Waals surface area contributed by atoms with E-state index >= 15 is 0 Å². The summed E-state index contributed by atoms with van der Waals surface area (Å²) in [5.74, 6) is 1.13. The number of halogens is 1. The maximum absolute atomic E-state index is 12.1. The molecule has 23 heavy (non-hydrogen) atoms. The van der Waals surface area contributed by atoms with Gasteiger partial charge >= 0.3 is 0 Å². The third-order valence-corrected chi connectivity index (χ3v) is 4.35. The van der Waals surface area contributed by atoms with Gasteiger partial charge in [-0.15, -0.1) is 0 Å². The SMILES string of the molecule is CC(C)NC(=O)C1CCN(c2cnc3cc(Cl)ccc3n2)CC1. The minimum Gasteiger partial charge on any atom is -0.355 e. The number of rotatable bonds is 3. The van der Waals surface area contributed by atoms with Gasteiger partial charge in [-0.3, -0.25) is 9.78 Å². The Labute approximate surface area is 141 Å². The topological polar surface area (TPSA) is 58.1 Å². The number of hydrogen-bond donors (Lipinski definition) is 1. The van der Waals surface area contributed by atoms with Gasteiger partial charge in [0.05, 0.1) is 17.2 Å². The van der Waals surface area contributed by atoms with Crippen molar-refractivity contribution in [1.29, 1.82) is 0 Å². The highest BCUT2D eigenvalue weighted by molar-refractivity contribution is 6.31. The number of anilines is 1. The van der Waals surface area contributed by atoms with Crippen molar-refractivity contribution in [3.8, 4) is 0 Å². The first-order chi connectivity index (χ1) is 11.0. The number of amides is 1. The van der Waals surface area contributed by atoms with Gasteiger partial charge in [0.25, 0.3) is 0 Å². The largest absolute Gasteiger partial charge is 0.355 e. The first-order valence-corrected chi connectivity index (χ1v) is 8.38. The fourth-order valence-corrected chi connectivity index (χ4v) is 3.07. The van der Waals surface area contributed by atoms with Gasteiger partial charge in [-0.05, 0) is 44.9 Å². The van der Waals surface area contributed by atoms with Crippen molar-refractivity contribution in [2.45, 2.75) is 32.7 Å². The van der Waals surface area contributed by atoms with E-state index in [4.69, 9.17) is 11.6 Å². The van der Waals surface area contributed by atoms with E-state index < -0.39 is 0 Å². The first kappa shape index (κ1) is 16.0. The van der Waals surface area contributed by atoms with Gasteiger partial charge in [0.1, 0.15) is 5.82 Å². The van der Waals surface area contributed by atoms with Crippen LogP contribution in [0.3, 0.4) is 0 Å². The second-order valence-corrected chi connectivity index (χ2v) is 6.72. The number of carbonyl (C=O) groups excluding carboxylic acids is 1. The molecule has 0 atom stereocenters. The number of aromatic nitrogens is 2. The highest BCUT2D eigenvalue weighted by atomic mass is 35.5. The van der Waals surface area contributed by atoms with Gasteiger partial charge < -0.3 is 10.2 Å². The highest BCUT2D eigenvalue weighted by Gasteiger charge is 2.26. The van der Waals surface area contributed by atoms with E-state index in [9.17, 15) is 4.79 Å². The molecule has 6 heteroatoms. The quantitative estimate of drug-likeness (QED) is 0.938. The maximum atomic E-state index is 12.1. The van der Waals surface area contributed by atoms with Crippen molar-refractivity contribution >= 4 is 34.4 Å². The molecule has 1 aromatic carbocycles. The molecule has 1 aliphatic rings. The van der Waals surface area contributed by atoms with Crippen LogP contribution in [0.5, 0.6) is 0 Å². The molecule has 0 aliphatic carbocycles. The standard InChI is InChI=1S/C17H21ClN4O/c1-11(2)20-17(23)12-5-7-22(8-6-12)16-10-19-15-9-13(18)3-4-14(15)21-16/h3-4,9-12H,5-8H2,1-2H3,(H,20,23). The van der Waals surface area contributed by atoms with Gasteiger partial charge in [-0.1, -0.05) is 11.6 Å². The van der Waals surface area contributed by atoms with Crippen LogP contribution in [0.1, 0.15) is 26.7 Å². The lowest BCUT2D eigenvalue weighted by molar-refractivity contribution is -0.126. The molecule has 1 fully saturated rings. The zero-order chi connectivity index (χ0) is 16.4. The van der Waals surface area contributed by atoms with Crippen molar-refractivity contribution in [3.63, 3.8) is 0 Å². The predicted molar refractivity (Wildman–Crippen MR) is 92.8 cm³/mol. The number of piperidine rings is 1. The number of benzene rings is 1. The maximum Gasteiger partial charge on any atom is 0.223 e. The van der Waals surface area contributed by atoms with Crippen molar-refractivity contribution in [2.75, 3.05) is 18.0 Å². The van der Waals surface area contributed by atoms with Crippen LogP contribution in [0.4, 0.5) is 5.82 Å². The van der Waals surface area contributed by atoms with Crippen molar-refractivity contribution in [3.05, 3.63) is 29.4 Å². The minimum absolute atomic E-state index is 0.0980. The van der Waals surface area contributed by atoms with E-state index in [1.807, 2.05) is 32.0 Å². The van der Waals surface area contributed by atoms with Crippen molar-refractivity contribution in [1.82, 2.24) is 15.3 Å². The van der Waals surface area contributed by atoms with Crippen LogP contribution in [-0.4, -0.2) is 35.0 Å². The molecule has 2 heterocycles. The zero-order valence-corrected chi connectivity index (χ0v) is 14.2. The van der Waals surface area contributed by atoms with E-state index in [-0.39, 0.29) is 17.9 Å². The molecule has 1 aliphatic heterocycles. The molecular formula is C17H21ClN4O. The van der Waals surface area contributed by atoms with E-state index in [0.717, 1.165) is 42.8 Å². The lowest BCUT2D eigenvalue weighted by atomic mass is 9.95. The summed E-state index contributed by atoms with van der Waals surface area (Å²) in [7, 11) is 0. The third-order valence-electron chi connectivity index (χ3n) is 4.11. The van der Waals surface area contributed by atoms with E-state index in [1.165, 1.54) is 0 Å². The van der Waals surface area contributed by atoms with Gasteiger partial charge in [-0.2, -0.15) is 0 Å².